The Morgan fingerprint density at radius 1 is 1.29 bits per heavy atom. The fourth-order valence-electron chi connectivity index (χ4n) is 2.49. The van der Waals surface area contributed by atoms with Crippen molar-refractivity contribution in [2.24, 2.45) is 5.92 Å². The van der Waals surface area contributed by atoms with Crippen molar-refractivity contribution < 1.29 is 13.2 Å². The van der Waals surface area contributed by atoms with Crippen LogP contribution < -0.4 is 10.0 Å². The first kappa shape index (κ1) is 19.3. The van der Waals surface area contributed by atoms with Crippen molar-refractivity contribution in [3.63, 3.8) is 0 Å². The fourth-order valence-corrected chi connectivity index (χ4v) is 4.19. The molecule has 24 heavy (non-hydrogen) atoms. The monoisotopic (exact) mass is 370 g/mol. The molecule has 1 amide bonds. The van der Waals surface area contributed by atoms with E-state index in [1.807, 2.05) is 20.1 Å². The van der Waals surface area contributed by atoms with E-state index < -0.39 is 16.1 Å². The third-order valence-corrected chi connectivity index (χ3v) is 6.39. The van der Waals surface area contributed by atoms with Crippen molar-refractivity contribution >= 4 is 27.7 Å². The van der Waals surface area contributed by atoms with E-state index in [9.17, 15) is 13.2 Å². The maximum Gasteiger partial charge on any atom is 0.241 e. The second kappa shape index (κ2) is 8.36. The van der Waals surface area contributed by atoms with Gasteiger partial charge in [0.1, 0.15) is 6.04 Å². The Bertz CT molecular complexity index is 655. The number of benzene rings is 1. The normalized spacial score (nSPS) is 17.3. The Morgan fingerprint density at radius 2 is 1.92 bits per heavy atom. The highest BCUT2D eigenvalue weighted by Gasteiger charge is 2.32. The minimum Gasteiger partial charge on any atom is -0.352 e. The molecule has 1 aliphatic rings. The first-order chi connectivity index (χ1) is 11.3. The molecule has 1 fully saturated rings. The van der Waals surface area contributed by atoms with E-state index in [1.54, 1.807) is 36.0 Å². The van der Waals surface area contributed by atoms with Crippen molar-refractivity contribution in [3.05, 3.63) is 29.8 Å². The molecule has 5 nitrogen and oxygen atoms in total. The van der Waals surface area contributed by atoms with Crippen LogP contribution in [0.2, 0.25) is 0 Å². The summed E-state index contributed by atoms with van der Waals surface area (Å²) < 4.78 is 27.7. The summed E-state index contributed by atoms with van der Waals surface area (Å²) in [6.45, 7) is 3.88. The number of sulfonamides is 1. The fraction of sp³-hybridized carbons (Fsp3) is 0.588. The summed E-state index contributed by atoms with van der Waals surface area (Å²) in [7, 11) is -3.71. The van der Waals surface area contributed by atoms with E-state index in [-0.39, 0.29) is 16.8 Å². The average Bonchev–Trinajstić information content (AvgIpc) is 3.36. The van der Waals surface area contributed by atoms with Gasteiger partial charge in [-0.1, -0.05) is 17.7 Å². The molecule has 2 unspecified atom stereocenters. The lowest BCUT2D eigenvalue weighted by Gasteiger charge is -2.21. The zero-order valence-corrected chi connectivity index (χ0v) is 16.0. The molecule has 0 spiro atoms. The zero-order valence-electron chi connectivity index (χ0n) is 14.4. The van der Waals surface area contributed by atoms with Crippen molar-refractivity contribution in [3.8, 4) is 0 Å². The van der Waals surface area contributed by atoms with E-state index in [0.717, 1.165) is 18.4 Å². The Kier molecular flexibility index (Phi) is 6.71. The van der Waals surface area contributed by atoms with E-state index in [1.165, 1.54) is 0 Å². The van der Waals surface area contributed by atoms with Gasteiger partial charge >= 0.3 is 0 Å². The van der Waals surface area contributed by atoms with Gasteiger partial charge in [0.05, 0.1) is 4.90 Å². The average molecular weight is 371 g/mol. The molecule has 0 bridgehead atoms. The SMILES string of the molecule is CSCCC(NS(=O)(=O)c1ccc(C)cc1)C(=O)NC(C)C1CC1. The van der Waals surface area contributed by atoms with E-state index >= 15 is 0 Å². The number of nitrogens with one attached hydrogen (secondary N) is 2. The molecule has 2 atom stereocenters. The van der Waals surface area contributed by atoms with Gasteiger partial charge in [0.2, 0.25) is 15.9 Å². The number of aryl methyl sites for hydroxylation is 1. The van der Waals surface area contributed by atoms with Crippen molar-refractivity contribution in [1.29, 1.82) is 0 Å². The highest BCUT2D eigenvalue weighted by molar-refractivity contribution is 7.98. The molecular formula is C17H26N2O3S2. The molecule has 0 radical (unpaired) electrons. The molecule has 0 heterocycles. The second-order valence-corrected chi connectivity index (χ2v) is 9.10. The third kappa shape index (κ3) is 5.50. The number of carbonyl (C=O) groups excluding carboxylic acids is 1. The van der Waals surface area contributed by atoms with Crippen molar-refractivity contribution in [2.75, 3.05) is 12.0 Å². The van der Waals surface area contributed by atoms with Crippen LogP contribution in [0.25, 0.3) is 0 Å². The second-order valence-electron chi connectivity index (χ2n) is 6.40. The predicted molar refractivity (Wildman–Crippen MR) is 98.6 cm³/mol. The van der Waals surface area contributed by atoms with Gasteiger partial charge in [-0.15, -0.1) is 0 Å². The van der Waals surface area contributed by atoms with Crippen molar-refractivity contribution in [1.82, 2.24) is 10.0 Å². The maximum absolute atomic E-state index is 12.6. The number of hydrogen-bond acceptors (Lipinski definition) is 4. The summed E-state index contributed by atoms with van der Waals surface area (Å²) in [4.78, 5) is 12.7. The molecular weight excluding hydrogens is 344 g/mol. The predicted octanol–water partition coefficient (Wildman–Crippen LogP) is 2.31. The topological polar surface area (TPSA) is 75.3 Å². The summed E-state index contributed by atoms with van der Waals surface area (Å²) in [6.07, 6.45) is 4.67. The quantitative estimate of drug-likeness (QED) is 0.699. The lowest BCUT2D eigenvalue weighted by molar-refractivity contribution is -0.123. The molecule has 134 valence electrons. The van der Waals surface area contributed by atoms with Crippen LogP contribution in [-0.4, -0.2) is 38.4 Å². The van der Waals surface area contributed by atoms with Gasteiger partial charge in [0.15, 0.2) is 0 Å². The summed E-state index contributed by atoms with van der Waals surface area (Å²) in [6, 6.07) is 5.98. The molecule has 1 saturated carbocycles. The van der Waals surface area contributed by atoms with Gasteiger partial charge in [0, 0.05) is 6.04 Å². The Labute approximate surface area is 149 Å². The first-order valence-corrected chi connectivity index (χ1v) is 11.1. The smallest absolute Gasteiger partial charge is 0.241 e. The van der Waals surface area contributed by atoms with Crippen LogP contribution in [-0.2, 0) is 14.8 Å². The van der Waals surface area contributed by atoms with E-state index in [4.69, 9.17) is 0 Å². The molecule has 0 saturated heterocycles. The van der Waals surface area contributed by atoms with Gasteiger partial charge in [-0.3, -0.25) is 4.79 Å². The highest BCUT2D eigenvalue weighted by Crippen LogP contribution is 2.32. The molecule has 7 heteroatoms. The Hall–Kier alpha value is -1.05. The van der Waals surface area contributed by atoms with Crippen LogP contribution in [0.1, 0.15) is 31.7 Å². The van der Waals surface area contributed by atoms with E-state index in [0.29, 0.717) is 18.1 Å². The maximum atomic E-state index is 12.6. The summed E-state index contributed by atoms with van der Waals surface area (Å²) in [5.41, 5.74) is 0.990. The Balaban J connectivity index is 2.08. The number of carbonyl (C=O) groups is 1. The molecule has 1 aliphatic carbocycles. The van der Waals surface area contributed by atoms with Crippen LogP contribution in [0.15, 0.2) is 29.2 Å². The van der Waals surface area contributed by atoms with Crippen LogP contribution in [0.5, 0.6) is 0 Å². The van der Waals surface area contributed by atoms with Gasteiger partial charge in [-0.2, -0.15) is 16.5 Å². The van der Waals surface area contributed by atoms with Gasteiger partial charge < -0.3 is 5.32 Å². The molecule has 0 aliphatic heterocycles. The molecule has 0 aromatic heterocycles. The highest BCUT2D eigenvalue weighted by atomic mass is 32.2. The summed E-state index contributed by atoms with van der Waals surface area (Å²) in [5, 5.41) is 2.96. The van der Waals surface area contributed by atoms with Gasteiger partial charge in [-0.25, -0.2) is 8.42 Å². The van der Waals surface area contributed by atoms with Gasteiger partial charge in [0.25, 0.3) is 0 Å². The van der Waals surface area contributed by atoms with Crippen LogP contribution >= 0.6 is 11.8 Å². The number of hydrogen-bond donors (Lipinski definition) is 2. The van der Waals surface area contributed by atoms with Crippen molar-refractivity contribution in [2.45, 2.75) is 50.1 Å². The summed E-state index contributed by atoms with van der Waals surface area (Å²) >= 11 is 1.59. The zero-order chi connectivity index (χ0) is 17.7. The lowest BCUT2D eigenvalue weighted by Crippen LogP contribution is -2.49. The van der Waals surface area contributed by atoms with Crippen LogP contribution in [0.4, 0.5) is 0 Å². The largest absolute Gasteiger partial charge is 0.352 e. The molecule has 1 aromatic carbocycles. The lowest BCUT2D eigenvalue weighted by atomic mass is 10.1. The Morgan fingerprint density at radius 3 is 2.46 bits per heavy atom. The van der Waals surface area contributed by atoms with Crippen LogP contribution in [0, 0.1) is 12.8 Å². The standard InChI is InChI=1S/C17H26N2O3S2/c1-12-4-8-15(9-5-12)24(21,22)19-16(10-11-23-3)17(20)18-13(2)14-6-7-14/h4-5,8-9,13-14,16,19H,6-7,10-11H2,1-3H3,(H,18,20). The molecule has 2 rings (SSSR count). The molecule has 1 aromatic rings. The third-order valence-electron chi connectivity index (χ3n) is 4.25. The first-order valence-electron chi connectivity index (χ1n) is 8.22. The summed E-state index contributed by atoms with van der Waals surface area (Å²) in [5.74, 6) is 1.01. The number of thioether (sulfide) groups is 1. The minimum absolute atomic E-state index is 0.0955. The van der Waals surface area contributed by atoms with Gasteiger partial charge in [-0.05, 0) is 63.2 Å². The number of rotatable bonds is 9. The van der Waals surface area contributed by atoms with Crippen LogP contribution in [0.3, 0.4) is 0 Å². The minimum atomic E-state index is -3.71. The molecule has 2 N–H and O–H groups in total. The number of amides is 1. The van der Waals surface area contributed by atoms with E-state index in [2.05, 4.69) is 10.0 Å².